The van der Waals surface area contributed by atoms with Crippen LogP contribution in [-0.4, -0.2) is 14.8 Å². The first-order valence-electron chi connectivity index (χ1n) is 7.53. The lowest BCUT2D eigenvalue weighted by molar-refractivity contribution is 0.624. The molecule has 1 aliphatic rings. The molecule has 4 rings (SSSR count). The van der Waals surface area contributed by atoms with Gasteiger partial charge in [-0.3, -0.25) is 0 Å². The minimum atomic E-state index is -0.223. The number of nitrogens with zero attached hydrogens (tertiary/aromatic N) is 3. The molecular weight excluding hydrogens is 313 g/mol. The zero-order chi connectivity index (χ0) is 16.0. The van der Waals surface area contributed by atoms with Crippen LogP contribution >= 0.6 is 11.6 Å². The molecule has 3 aromatic rings. The third-order valence-electron chi connectivity index (χ3n) is 4.56. The molecule has 23 heavy (non-hydrogen) atoms. The Hall–Kier alpha value is -2.20. The van der Waals surface area contributed by atoms with Crippen LogP contribution in [0.2, 0.25) is 5.02 Å². The summed E-state index contributed by atoms with van der Waals surface area (Å²) in [7, 11) is 1.96. The standard InChI is InChI=1S/C18H15ClFN3/c1-23-16(14-4-2-3-5-15(14)19)21-22-17(23)18(10-11-18)12-6-8-13(20)9-7-12/h2-9H,10-11H2,1H3. The fourth-order valence-electron chi connectivity index (χ4n) is 3.16. The van der Waals surface area contributed by atoms with Gasteiger partial charge < -0.3 is 4.57 Å². The average molecular weight is 328 g/mol. The van der Waals surface area contributed by atoms with Crippen LogP contribution in [0.25, 0.3) is 11.4 Å². The Morgan fingerprint density at radius 1 is 1.04 bits per heavy atom. The predicted molar refractivity (Wildman–Crippen MR) is 87.9 cm³/mol. The number of aromatic nitrogens is 3. The zero-order valence-corrected chi connectivity index (χ0v) is 13.4. The molecule has 0 N–H and O–H groups in total. The van der Waals surface area contributed by atoms with Gasteiger partial charge in [0.25, 0.3) is 0 Å². The predicted octanol–water partition coefficient (Wildman–Crippen LogP) is 4.35. The molecule has 1 aliphatic carbocycles. The highest BCUT2D eigenvalue weighted by Crippen LogP contribution is 2.53. The molecule has 0 bridgehead atoms. The van der Waals surface area contributed by atoms with Crippen molar-refractivity contribution in [1.29, 1.82) is 0 Å². The van der Waals surface area contributed by atoms with Crippen LogP contribution in [0.1, 0.15) is 24.2 Å². The van der Waals surface area contributed by atoms with Gasteiger partial charge in [0.2, 0.25) is 0 Å². The summed E-state index contributed by atoms with van der Waals surface area (Å²) in [5, 5.41) is 9.43. The monoisotopic (exact) mass is 327 g/mol. The van der Waals surface area contributed by atoms with Crippen molar-refractivity contribution in [2.45, 2.75) is 18.3 Å². The molecule has 0 unspecified atom stereocenters. The van der Waals surface area contributed by atoms with Crippen molar-refractivity contribution in [2.75, 3.05) is 0 Å². The number of rotatable bonds is 3. The maximum absolute atomic E-state index is 13.2. The number of halogens is 2. The lowest BCUT2D eigenvalue weighted by atomic mass is 9.95. The molecule has 3 nitrogen and oxygen atoms in total. The van der Waals surface area contributed by atoms with Crippen molar-refractivity contribution in [3.8, 4) is 11.4 Å². The van der Waals surface area contributed by atoms with Gasteiger partial charge in [-0.05, 0) is 42.7 Å². The van der Waals surface area contributed by atoms with E-state index in [2.05, 4.69) is 10.2 Å². The van der Waals surface area contributed by atoms with Crippen LogP contribution in [0, 0.1) is 5.82 Å². The topological polar surface area (TPSA) is 30.7 Å². The Bertz CT molecular complexity index is 866. The van der Waals surface area contributed by atoms with Crippen molar-refractivity contribution >= 4 is 11.6 Å². The SMILES string of the molecule is Cn1c(-c2ccccc2Cl)nnc1C1(c2ccc(F)cc2)CC1. The van der Waals surface area contributed by atoms with E-state index in [0.29, 0.717) is 5.02 Å². The van der Waals surface area contributed by atoms with Gasteiger partial charge >= 0.3 is 0 Å². The fraction of sp³-hybridized carbons (Fsp3) is 0.222. The molecule has 2 aromatic carbocycles. The summed E-state index contributed by atoms with van der Waals surface area (Å²) in [5.41, 5.74) is 1.79. The molecule has 0 amide bonds. The largest absolute Gasteiger partial charge is 0.313 e. The van der Waals surface area contributed by atoms with Gasteiger partial charge in [-0.15, -0.1) is 10.2 Å². The molecule has 116 valence electrons. The second kappa shape index (κ2) is 5.17. The molecule has 5 heteroatoms. The fourth-order valence-corrected chi connectivity index (χ4v) is 3.38. The van der Waals surface area contributed by atoms with Crippen molar-refractivity contribution in [1.82, 2.24) is 14.8 Å². The first-order valence-corrected chi connectivity index (χ1v) is 7.90. The number of hydrogen-bond donors (Lipinski definition) is 0. The van der Waals surface area contributed by atoms with Crippen molar-refractivity contribution in [2.24, 2.45) is 7.05 Å². The normalized spacial score (nSPS) is 15.6. The first kappa shape index (κ1) is 14.4. The maximum Gasteiger partial charge on any atom is 0.165 e. The Balaban J connectivity index is 1.80. The summed E-state index contributed by atoms with van der Waals surface area (Å²) in [6.07, 6.45) is 1.99. The zero-order valence-electron chi connectivity index (χ0n) is 12.6. The van der Waals surface area contributed by atoms with Crippen LogP contribution in [-0.2, 0) is 12.5 Å². The number of hydrogen-bond acceptors (Lipinski definition) is 2. The maximum atomic E-state index is 13.2. The molecule has 0 spiro atoms. The van der Waals surface area contributed by atoms with Crippen molar-refractivity contribution in [3.63, 3.8) is 0 Å². The average Bonchev–Trinajstić information content (AvgIpc) is 3.26. The van der Waals surface area contributed by atoms with E-state index >= 15 is 0 Å². The van der Waals surface area contributed by atoms with E-state index in [9.17, 15) is 4.39 Å². The molecular formula is C18H15ClFN3. The molecule has 0 saturated heterocycles. The Labute approximate surface area is 138 Å². The minimum absolute atomic E-state index is 0.158. The van der Waals surface area contributed by atoms with Gasteiger partial charge in [0, 0.05) is 12.6 Å². The molecule has 1 aromatic heterocycles. The second-order valence-electron chi connectivity index (χ2n) is 5.98. The molecule has 0 aliphatic heterocycles. The Morgan fingerprint density at radius 2 is 1.74 bits per heavy atom. The first-order chi connectivity index (χ1) is 11.1. The van der Waals surface area contributed by atoms with Crippen molar-refractivity contribution < 1.29 is 4.39 Å². The van der Waals surface area contributed by atoms with Gasteiger partial charge in [-0.25, -0.2) is 4.39 Å². The summed E-state index contributed by atoms with van der Waals surface area (Å²) in [6.45, 7) is 0. The van der Waals surface area contributed by atoms with Gasteiger partial charge in [0.15, 0.2) is 5.82 Å². The quantitative estimate of drug-likeness (QED) is 0.716. The lowest BCUT2D eigenvalue weighted by Crippen LogP contribution is -2.15. The van der Waals surface area contributed by atoms with E-state index in [4.69, 9.17) is 11.6 Å². The third kappa shape index (κ3) is 2.25. The van der Waals surface area contributed by atoms with Crippen molar-refractivity contribution in [3.05, 3.63) is 70.8 Å². The van der Waals surface area contributed by atoms with Gasteiger partial charge in [0.05, 0.1) is 10.4 Å². The van der Waals surface area contributed by atoms with E-state index in [-0.39, 0.29) is 11.2 Å². The molecule has 0 radical (unpaired) electrons. The molecule has 1 fully saturated rings. The highest BCUT2D eigenvalue weighted by atomic mass is 35.5. The van der Waals surface area contributed by atoms with E-state index in [0.717, 1.165) is 35.6 Å². The summed E-state index contributed by atoms with van der Waals surface area (Å²) in [6, 6.07) is 14.3. The lowest BCUT2D eigenvalue weighted by Gasteiger charge is -2.15. The van der Waals surface area contributed by atoms with E-state index < -0.39 is 0 Å². The number of benzene rings is 2. The Kier molecular flexibility index (Phi) is 3.23. The highest BCUT2D eigenvalue weighted by Gasteiger charge is 2.50. The second-order valence-corrected chi connectivity index (χ2v) is 6.38. The minimum Gasteiger partial charge on any atom is -0.313 e. The van der Waals surface area contributed by atoms with E-state index in [1.165, 1.54) is 12.1 Å². The molecule has 1 saturated carbocycles. The molecule has 1 heterocycles. The van der Waals surface area contributed by atoms with E-state index in [1.807, 2.05) is 48.0 Å². The molecule has 0 atom stereocenters. The summed E-state index contributed by atoms with van der Waals surface area (Å²) >= 11 is 6.28. The third-order valence-corrected chi connectivity index (χ3v) is 4.89. The van der Waals surface area contributed by atoms with Crippen LogP contribution in [0.5, 0.6) is 0 Å². The van der Waals surface area contributed by atoms with Crippen LogP contribution in [0.15, 0.2) is 48.5 Å². The van der Waals surface area contributed by atoms with E-state index in [1.54, 1.807) is 0 Å². The van der Waals surface area contributed by atoms with Crippen LogP contribution in [0.3, 0.4) is 0 Å². The summed E-state index contributed by atoms with van der Waals surface area (Å²) in [5.74, 6) is 1.43. The Morgan fingerprint density at radius 3 is 2.39 bits per heavy atom. The summed E-state index contributed by atoms with van der Waals surface area (Å²) in [4.78, 5) is 0. The van der Waals surface area contributed by atoms with Crippen LogP contribution in [0.4, 0.5) is 4.39 Å². The van der Waals surface area contributed by atoms with Gasteiger partial charge in [-0.1, -0.05) is 35.9 Å². The summed E-state index contributed by atoms with van der Waals surface area (Å²) < 4.78 is 15.2. The van der Waals surface area contributed by atoms with Crippen LogP contribution < -0.4 is 0 Å². The van der Waals surface area contributed by atoms with Gasteiger partial charge in [-0.2, -0.15) is 0 Å². The smallest absolute Gasteiger partial charge is 0.165 e. The highest BCUT2D eigenvalue weighted by molar-refractivity contribution is 6.33. The van der Waals surface area contributed by atoms with Gasteiger partial charge in [0.1, 0.15) is 11.6 Å².